The molecule has 1 saturated heterocycles. The maximum absolute atomic E-state index is 13.7. The minimum atomic E-state index is -0.195. The molecule has 3 heterocycles. The molecule has 1 N–H and O–H groups in total. The van der Waals surface area contributed by atoms with E-state index in [0.29, 0.717) is 0 Å². The molecular formula is C18H23FN4S. The Balaban J connectivity index is 1.80. The highest BCUT2D eigenvalue weighted by Gasteiger charge is 2.29. The number of fused-ring (bicyclic) bond motifs is 2. The second-order valence-corrected chi connectivity index (χ2v) is 7.60. The number of rotatable bonds is 2. The van der Waals surface area contributed by atoms with Crippen LogP contribution in [0.4, 0.5) is 20.8 Å². The van der Waals surface area contributed by atoms with Gasteiger partial charge in [-0.15, -0.1) is 11.3 Å². The molecule has 0 unspecified atom stereocenters. The normalized spacial score (nSPS) is 18.7. The molecule has 0 saturated carbocycles. The van der Waals surface area contributed by atoms with E-state index >= 15 is 0 Å². The highest BCUT2D eigenvalue weighted by molar-refractivity contribution is 7.16. The summed E-state index contributed by atoms with van der Waals surface area (Å²) in [6, 6.07) is 7.35. The molecule has 24 heavy (non-hydrogen) atoms. The van der Waals surface area contributed by atoms with E-state index in [2.05, 4.69) is 40.3 Å². The summed E-state index contributed by atoms with van der Waals surface area (Å²) in [6.45, 7) is 6.98. The van der Waals surface area contributed by atoms with Crippen molar-refractivity contribution in [2.45, 2.75) is 19.9 Å². The summed E-state index contributed by atoms with van der Waals surface area (Å²) in [7, 11) is 2.16. The molecule has 2 aromatic rings. The van der Waals surface area contributed by atoms with Crippen LogP contribution in [0.25, 0.3) is 0 Å². The number of likely N-dealkylation sites (N-methyl/N-ethyl adjacent to an activating group) is 1. The number of piperazine rings is 1. The number of aryl methyl sites for hydroxylation is 1. The van der Waals surface area contributed by atoms with Crippen molar-refractivity contribution in [1.29, 1.82) is 0 Å². The van der Waals surface area contributed by atoms with E-state index in [-0.39, 0.29) is 5.82 Å². The fourth-order valence-corrected chi connectivity index (χ4v) is 4.52. The number of hydrogen-bond acceptors (Lipinski definition) is 5. The number of anilines is 3. The van der Waals surface area contributed by atoms with Gasteiger partial charge in [-0.25, -0.2) is 9.40 Å². The van der Waals surface area contributed by atoms with Crippen LogP contribution in [0.1, 0.15) is 17.4 Å². The first-order chi connectivity index (χ1) is 11.7. The standard InChI is InChI=1S/C18H23FN4S/c1-3-15-10-13-12-20-16-11-14(19)4-5-17(16)23(18(13)24-15)22-8-6-21(2)7-9-22/h4-5,10-11,20H,3,6-9,12H2,1-2H3. The van der Waals surface area contributed by atoms with Crippen molar-refractivity contribution in [2.75, 3.05) is 43.6 Å². The summed E-state index contributed by atoms with van der Waals surface area (Å²) in [6.07, 6.45) is 1.05. The number of hydrazine groups is 1. The van der Waals surface area contributed by atoms with Crippen molar-refractivity contribution in [3.8, 4) is 0 Å². The Morgan fingerprint density at radius 1 is 1.17 bits per heavy atom. The van der Waals surface area contributed by atoms with Gasteiger partial charge in [-0.2, -0.15) is 0 Å². The number of nitrogens with zero attached hydrogens (tertiary/aromatic N) is 3. The van der Waals surface area contributed by atoms with E-state index in [1.165, 1.54) is 15.4 Å². The highest BCUT2D eigenvalue weighted by Crippen LogP contribution is 2.43. The topological polar surface area (TPSA) is 21.8 Å². The molecule has 2 aliphatic heterocycles. The van der Waals surface area contributed by atoms with Crippen molar-refractivity contribution in [3.05, 3.63) is 40.5 Å². The maximum atomic E-state index is 13.7. The summed E-state index contributed by atoms with van der Waals surface area (Å²) in [5.74, 6) is -0.195. The molecule has 1 fully saturated rings. The largest absolute Gasteiger partial charge is 0.379 e. The molecule has 6 heteroatoms. The Bertz CT molecular complexity index is 737. The van der Waals surface area contributed by atoms with E-state index in [1.54, 1.807) is 12.1 Å². The molecule has 0 atom stereocenters. The summed E-state index contributed by atoms with van der Waals surface area (Å²) in [5, 5.41) is 9.42. The van der Waals surface area contributed by atoms with Crippen LogP contribution in [0, 0.1) is 5.82 Å². The average Bonchev–Trinajstić information content (AvgIpc) is 2.93. The lowest BCUT2D eigenvalue weighted by atomic mass is 10.2. The summed E-state index contributed by atoms with van der Waals surface area (Å²) >= 11 is 1.86. The fourth-order valence-electron chi connectivity index (χ4n) is 3.37. The van der Waals surface area contributed by atoms with Crippen molar-refractivity contribution < 1.29 is 4.39 Å². The minimum absolute atomic E-state index is 0.195. The van der Waals surface area contributed by atoms with Gasteiger partial charge in [-0.05, 0) is 37.7 Å². The van der Waals surface area contributed by atoms with Crippen LogP contribution in [-0.4, -0.2) is 43.1 Å². The predicted octanol–water partition coefficient (Wildman–Crippen LogP) is 3.68. The molecular weight excluding hydrogens is 323 g/mol. The first-order valence-electron chi connectivity index (χ1n) is 8.54. The van der Waals surface area contributed by atoms with Gasteiger partial charge in [0, 0.05) is 43.2 Å². The van der Waals surface area contributed by atoms with Gasteiger partial charge in [-0.3, -0.25) is 5.01 Å². The lowest BCUT2D eigenvalue weighted by molar-refractivity contribution is 0.155. The van der Waals surface area contributed by atoms with Crippen molar-refractivity contribution >= 4 is 27.7 Å². The molecule has 4 rings (SSSR count). The zero-order valence-corrected chi connectivity index (χ0v) is 15.0. The molecule has 0 spiro atoms. The monoisotopic (exact) mass is 346 g/mol. The third-order valence-electron chi connectivity index (χ3n) is 4.80. The molecule has 1 aromatic carbocycles. The van der Waals surface area contributed by atoms with E-state index < -0.39 is 0 Å². The van der Waals surface area contributed by atoms with Crippen LogP contribution in [0.5, 0.6) is 0 Å². The summed E-state index contributed by atoms with van der Waals surface area (Å²) < 4.78 is 13.7. The van der Waals surface area contributed by atoms with Crippen LogP contribution in [-0.2, 0) is 13.0 Å². The van der Waals surface area contributed by atoms with Gasteiger partial charge in [-0.1, -0.05) is 6.92 Å². The maximum Gasteiger partial charge on any atom is 0.125 e. The van der Waals surface area contributed by atoms with E-state index in [1.807, 2.05) is 17.4 Å². The zero-order chi connectivity index (χ0) is 16.7. The second-order valence-electron chi connectivity index (χ2n) is 6.48. The number of halogens is 1. The number of hydrogen-bond donors (Lipinski definition) is 1. The minimum Gasteiger partial charge on any atom is -0.379 e. The number of thiophene rings is 1. The zero-order valence-electron chi connectivity index (χ0n) is 14.2. The Hall–Kier alpha value is -1.63. The molecule has 0 bridgehead atoms. The smallest absolute Gasteiger partial charge is 0.125 e. The fraction of sp³-hybridized carbons (Fsp3) is 0.444. The summed E-state index contributed by atoms with van der Waals surface area (Å²) in [5.41, 5.74) is 3.21. The van der Waals surface area contributed by atoms with Crippen molar-refractivity contribution in [3.63, 3.8) is 0 Å². The van der Waals surface area contributed by atoms with Gasteiger partial charge in [0.05, 0.1) is 11.4 Å². The van der Waals surface area contributed by atoms with Crippen LogP contribution >= 0.6 is 11.3 Å². The van der Waals surface area contributed by atoms with Crippen molar-refractivity contribution in [1.82, 2.24) is 9.91 Å². The Labute approximate surface area is 146 Å². The van der Waals surface area contributed by atoms with E-state index in [9.17, 15) is 4.39 Å². The van der Waals surface area contributed by atoms with Crippen molar-refractivity contribution in [2.24, 2.45) is 0 Å². The Morgan fingerprint density at radius 3 is 2.71 bits per heavy atom. The van der Waals surface area contributed by atoms with E-state index in [0.717, 1.165) is 50.5 Å². The second kappa shape index (κ2) is 6.35. The third kappa shape index (κ3) is 2.79. The Morgan fingerprint density at radius 2 is 1.96 bits per heavy atom. The predicted molar refractivity (Wildman–Crippen MR) is 98.6 cm³/mol. The lowest BCUT2D eigenvalue weighted by Gasteiger charge is -2.40. The van der Waals surface area contributed by atoms with Gasteiger partial charge in [0.15, 0.2) is 0 Å². The molecule has 4 nitrogen and oxygen atoms in total. The van der Waals surface area contributed by atoms with Gasteiger partial charge < -0.3 is 10.2 Å². The molecule has 0 aliphatic carbocycles. The average molecular weight is 346 g/mol. The van der Waals surface area contributed by atoms with Gasteiger partial charge in [0.2, 0.25) is 0 Å². The molecule has 128 valence electrons. The van der Waals surface area contributed by atoms with Crippen LogP contribution in [0.2, 0.25) is 0 Å². The Kier molecular flexibility index (Phi) is 4.20. The quantitative estimate of drug-likeness (QED) is 0.895. The SMILES string of the molecule is CCc1cc2c(s1)N(N1CCN(C)CC1)c1ccc(F)cc1NC2. The first-order valence-corrected chi connectivity index (χ1v) is 9.36. The third-order valence-corrected chi connectivity index (χ3v) is 6.09. The van der Waals surface area contributed by atoms with E-state index in [4.69, 9.17) is 0 Å². The number of nitrogens with one attached hydrogen (secondary N) is 1. The van der Waals surface area contributed by atoms with Gasteiger partial charge >= 0.3 is 0 Å². The molecule has 2 aliphatic rings. The first kappa shape index (κ1) is 15.9. The number of benzene rings is 1. The van der Waals surface area contributed by atoms with Crippen LogP contribution in [0.3, 0.4) is 0 Å². The highest BCUT2D eigenvalue weighted by atomic mass is 32.1. The molecule has 1 aromatic heterocycles. The van der Waals surface area contributed by atoms with Crippen LogP contribution in [0.15, 0.2) is 24.3 Å². The summed E-state index contributed by atoms with van der Waals surface area (Å²) in [4.78, 5) is 3.75. The molecule has 0 radical (unpaired) electrons. The van der Waals surface area contributed by atoms with Crippen LogP contribution < -0.4 is 10.3 Å². The lowest BCUT2D eigenvalue weighted by Crippen LogP contribution is -2.51. The van der Waals surface area contributed by atoms with Gasteiger partial charge in [0.1, 0.15) is 10.8 Å². The molecule has 0 amide bonds. The van der Waals surface area contributed by atoms with Gasteiger partial charge in [0.25, 0.3) is 0 Å².